The Bertz CT molecular complexity index is 566. The van der Waals surface area contributed by atoms with Crippen LogP contribution in [0.2, 0.25) is 0 Å². The van der Waals surface area contributed by atoms with Crippen LogP contribution in [-0.4, -0.2) is 12.0 Å². The van der Waals surface area contributed by atoms with E-state index in [1.165, 1.54) is 12.1 Å². The van der Waals surface area contributed by atoms with E-state index in [1.807, 2.05) is 11.4 Å². The number of hydrogen-bond acceptors (Lipinski definition) is 5. The molecule has 2 aromatic rings. The molecule has 5 nitrogen and oxygen atoms in total. The maximum absolute atomic E-state index is 10.6. The number of rotatable bonds is 5. The number of hydrogen-bond donors (Lipinski definition) is 1. The van der Waals surface area contributed by atoms with Gasteiger partial charge in [-0.3, -0.25) is 10.1 Å². The van der Waals surface area contributed by atoms with Gasteiger partial charge in [0.1, 0.15) is 5.75 Å². The summed E-state index contributed by atoms with van der Waals surface area (Å²) in [6.07, 6.45) is 0.641. The summed E-state index contributed by atoms with van der Waals surface area (Å²) >= 11 is 1.55. The fourth-order valence-corrected chi connectivity index (χ4v) is 2.60. The molecule has 2 N–H and O–H groups in total. The highest BCUT2D eigenvalue weighted by atomic mass is 32.1. The number of non-ortho nitro benzene ring substituents is 1. The highest BCUT2D eigenvalue weighted by Gasteiger charge is 2.11. The Morgan fingerprint density at radius 2 is 2.11 bits per heavy atom. The lowest BCUT2D eigenvalue weighted by atomic mass is 10.1. The zero-order valence-electron chi connectivity index (χ0n) is 10.4. The van der Waals surface area contributed by atoms with Gasteiger partial charge in [0.15, 0.2) is 0 Å². The summed E-state index contributed by atoms with van der Waals surface area (Å²) in [4.78, 5) is 11.2. The number of nitro benzene ring substituents is 1. The molecule has 0 aliphatic rings. The van der Waals surface area contributed by atoms with E-state index in [9.17, 15) is 10.1 Å². The van der Waals surface area contributed by atoms with Crippen molar-refractivity contribution in [3.8, 4) is 5.75 Å². The van der Waals surface area contributed by atoms with Crippen molar-refractivity contribution in [3.63, 3.8) is 0 Å². The molecule has 1 aromatic heterocycles. The minimum atomic E-state index is -0.409. The molecule has 1 unspecified atom stereocenters. The van der Waals surface area contributed by atoms with Gasteiger partial charge in [-0.05, 0) is 18.1 Å². The first kappa shape index (κ1) is 13.5. The summed E-state index contributed by atoms with van der Waals surface area (Å²) in [6.45, 7) is 0. The summed E-state index contributed by atoms with van der Waals surface area (Å²) in [5.74, 6) is 0.805. The molecule has 100 valence electrons. The molecule has 0 saturated heterocycles. The number of nitro groups is 1. The van der Waals surface area contributed by atoms with Crippen LogP contribution in [0.4, 0.5) is 5.69 Å². The second-order valence-electron chi connectivity index (χ2n) is 4.12. The summed E-state index contributed by atoms with van der Waals surface area (Å²) in [7, 11) is 1.62. The van der Waals surface area contributed by atoms with Gasteiger partial charge in [0.05, 0.1) is 12.0 Å². The predicted molar refractivity (Wildman–Crippen MR) is 74.6 cm³/mol. The third-order valence-corrected chi connectivity index (χ3v) is 3.84. The molecule has 0 bridgehead atoms. The number of nitrogens with zero attached hydrogens (tertiary/aromatic N) is 1. The first-order valence-corrected chi connectivity index (χ1v) is 6.59. The van der Waals surface area contributed by atoms with Gasteiger partial charge in [-0.2, -0.15) is 0 Å². The molecule has 0 amide bonds. The number of methoxy groups -OCH3 is 1. The van der Waals surface area contributed by atoms with Crippen LogP contribution in [0.5, 0.6) is 5.75 Å². The number of nitrogens with two attached hydrogens (primary N) is 1. The van der Waals surface area contributed by atoms with Gasteiger partial charge in [-0.1, -0.05) is 12.1 Å². The van der Waals surface area contributed by atoms with Crippen molar-refractivity contribution in [1.29, 1.82) is 0 Å². The Morgan fingerprint density at radius 1 is 1.42 bits per heavy atom. The van der Waals surface area contributed by atoms with Crippen molar-refractivity contribution < 1.29 is 9.66 Å². The fourth-order valence-electron chi connectivity index (χ4n) is 1.74. The van der Waals surface area contributed by atoms with Gasteiger partial charge in [0, 0.05) is 28.4 Å². The molecule has 2 rings (SSSR count). The Kier molecular flexibility index (Phi) is 4.13. The third kappa shape index (κ3) is 3.30. The van der Waals surface area contributed by atoms with Crippen LogP contribution >= 0.6 is 11.3 Å². The lowest BCUT2D eigenvalue weighted by molar-refractivity contribution is -0.384. The Balaban J connectivity index is 2.05. The van der Waals surface area contributed by atoms with E-state index in [-0.39, 0.29) is 11.7 Å². The molecule has 19 heavy (non-hydrogen) atoms. The van der Waals surface area contributed by atoms with Crippen LogP contribution in [0, 0.1) is 10.1 Å². The highest BCUT2D eigenvalue weighted by molar-refractivity contribution is 7.10. The molecular formula is C13H14N2O3S. The van der Waals surface area contributed by atoms with Gasteiger partial charge in [0.2, 0.25) is 0 Å². The SMILES string of the molecule is COc1csc(C(N)Cc2ccc([N+](=O)[O-])cc2)c1. The molecule has 0 aliphatic carbocycles. The molecule has 1 aromatic carbocycles. The molecular weight excluding hydrogens is 264 g/mol. The number of benzene rings is 1. The van der Waals surface area contributed by atoms with Crippen molar-refractivity contribution in [3.05, 3.63) is 56.3 Å². The molecule has 0 spiro atoms. The van der Waals surface area contributed by atoms with Gasteiger partial charge < -0.3 is 10.5 Å². The van der Waals surface area contributed by atoms with E-state index in [2.05, 4.69) is 0 Å². The molecule has 0 radical (unpaired) electrons. The maximum atomic E-state index is 10.6. The van der Waals surface area contributed by atoms with Gasteiger partial charge in [0.25, 0.3) is 5.69 Å². The van der Waals surface area contributed by atoms with Crippen LogP contribution in [0.15, 0.2) is 35.7 Å². The third-order valence-electron chi connectivity index (χ3n) is 2.80. The second kappa shape index (κ2) is 5.81. The summed E-state index contributed by atoms with van der Waals surface area (Å²) in [5, 5.41) is 12.5. The molecule has 1 heterocycles. The first-order valence-electron chi connectivity index (χ1n) is 5.71. The van der Waals surface area contributed by atoms with Gasteiger partial charge in [-0.15, -0.1) is 11.3 Å². The normalized spacial score (nSPS) is 12.1. The monoisotopic (exact) mass is 278 g/mol. The Labute approximate surface area is 114 Å². The van der Waals surface area contributed by atoms with E-state index >= 15 is 0 Å². The van der Waals surface area contributed by atoms with E-state index in [1.54, 1.807) is 30.6 Å². The van der Waals surface area contributed by atoms with Gasteiger partial charge in [-0.25, -0.2) is 0 Å². The lowest BCUT2D eigenvalue weighted by Crippen LogP contribution is -2.11. The number of ether oxygens (including phenoxy) is 1. The number of thiophene rings is 1. The van der Waals surface area contributed by atoms with Crippen molar-refractivity contribution in [1.82, 2.24) is 0 Å². The zero-order valence-corrected chi connectivity index (χ0v) is 11.2. The van der Waals surface area contributed by atoms with Crippen LogP contribution in [0.1, 0.15) is 16.5 Å². The molecule has 1 atom stereocenters. The molecule has 0 aliphatic heterocycles. The molecule has 0 fully saturated rings. The smallest absolute Gasteiger partial charge is 0.269 e. The van der Waals surface area contributed by atoms with Crippen molar-refractivity contribution in [2.24, 2.45) is 5.73 Å². The average Bonchev–Trinajstić information content (AvgIpc) is 2.88. The summed E-state index contributed by atoms with van der Waals surface area (Å²) in [5.41, 5.74) is 7.18. The van der Waals surface area contributed by atoms with E-state index in [0.29, 0.717) is 6.42 Å². The van der Waals surface area contributed by atoms with Crippen molar-refractivity contribution in [2.75, 3.05) is 7.11 Å². The first-order chi connectivity index (χ1) is 9.10. The minimum absolute atomic E-state index is 0.0927. The topological polar surface area (TPSA) is 78.4 Å². The summed E-state index contributed by atoms with van der Waals surface area (Å²) < 4.78 is 5.12. The fraction of sp³-hybridized carbons (Fsp3) is 0.231. The standard InChI is InChI=1S/C13H14N2O3S/c1-18-11-7-13(19-8-11)12(14)6-9-2-4-10(5-3-9)15(16)17/h2-5,7-8,12H,6,14H2,1H3. The Hall–Kier alpha value is -1.92. The van der Waals surface area contributed by atoms with Crippen LogP contribution in [0.25, 0.3) is 0 Å². The predicted octanol–water partition coefficient (Wildman–Crippen LogP) is 2.91. The van der Waals surface area contributed by atoms with E-state index in [0.717, 1.165) is 16.2 Å². The highest BCUT2D eigenvalue weighted by Crippen LogP contribution is 2.27. The Morgan fingerprint density at radius 3 is 2.63 bits per heavy atom. The summed E-state index contributed by atoms with van der Waals surface area (Å²) in [6, 6.07) is 8.26. The molecule has 6 heteroatoms. The van der Waals surface area contributed by atoms with Crippen molar-refractivity contribution in [2.45, 2.75) is 12.5 Å². The van der Waals surface area contributed by atoms with E-state index in [4.69, 9.17) is 10.5 Å². The van der Waals surface area contributed by atoms with Crippen LogP contribution in [-0.2, 0) is 6.42 Å². The van der Waals surface area contributed by atoms with Crippen molar-refractivity contribution >= 4 is 17.0 Å². The average molecular weight is 278 g/mol. The van der Waals surface area contributed by atoms with Gasteiger partial charge >= 0.3 is 0 Å². The zero-order chi connectivity index (χ0) is 13.8. The minimum Gasteiger partial charge on any atom is -0.496 e. The second-order valence-corrected chi connectivity index (χ2v) is 5.07. The van der Waals surface area contributed by atoms with Crippen LogP contribution < -0.4 is 10.5 Å². The molecule has 0 saturated carbocycles. The quantitative estimate of drug-likeness (QED) is 0.673. The van der Waals surface area contributed by atoms with E-state index < -0.39 is 4.92 Å². The lowest BCUT2D eigenvalue weighted by Gasteiger charge is -2.09. The maximum Gasteiger partial charge on any atom is 0.269 e. The van der Waals surface area contributed by atoms with Crippen LogP contribution in [0.3, 0.4) is 0 Å². The largest absolute Gasteiger partial charge is 0.496 e.